The summed E-state index contributed by atoms with van der Waals surface area (Å²) in [5, 5.41) is 2.96. The number of likely N-dealkylation sites (tertiary alicyclic amines) is 1. The fourth-order valence-corrected chi connectivity index (χ4v) is 4.52. The average molecular weight is 477 g/mol. The van der Waals surface area contributed by atoms with Crippen molar-refractivity contribution in [1.82, 2.24) is 4.90 Å². The van der Waals surface area contributed by atoms with Crippen molar-refractivity contribution >= 4 is 17.7 Å². The standard InChI is InChI=1S/C31H28N2O3/c34-30(29-12-7-21-33(29)31(35)36-22-23-8-3-1-4-9-23)32-28-19-17-27(18-20-28)26-15-13-25(14-16-26)24-10-5-2-6-11-24/h1-6,8-11,13-20,29H,7,12,21-22H2,(H,32,34)/t29-/m0/s1. The van der Waals surface area contributed by atoms with E-state index in [1.807, 2.05) is 72.8 Å². The Labute approximate surface area is 211 Å². The Bertz CT molecular complexity index is 1300. The summed E-state index contributed by atoms with van der Waals surface area (Å²) >= 11 is 0. The van der Waals surface area contributed by atoms with Gasteiger partial charge in [-0.25, -0.2) is 4.79 Å². The first-order valence-corrected chi connectivity index (χ1v) is 12.2. The zero-order valence-electron chi connectivity index (χ0n) is 20.0. The van der Waals surface area contributed by atoms with Crippen LogP contribution in [0, 0.1) is 0 Å². The van der Waals surface area contributed by atoms with Crippen LogP contribution in [0.3, 0.4) is 0 Å². The van der Waals surface area contributed by atoms with E-state index in [9.17, 15) is 9.59 Å². The highest BCUT2D eigenvalue weighted by atomic mass is 16.6. The second-order valence-corrected chi connectivity index (χ2v) is 8.90. The van der Waals surface area contributed by atoms with Gasteiger partial charge in [0.05, 0.1) is 0 Å². The van der Waals surface area contributed by atoms with E-state index in [-0.39, 0.29) is 12.5 Å². The molecule has 0 radical (unpaired) electrons. The number of amides is 2. The van der Waals surface area contributed by atoms with Gasteiger partial charge < -0.3 is 10.1 Å². The normalized spacial score (nSPS) is 14.9. The lowest BCUT2D eigenvalue weighted by molar-refractivity contribution is -0.120. The van der Waals surface area contributed by atoms with Gasteiger partial charge in [-0.1, -0.05) is 97.1 Å². The monoisotopic (exact) mass is 476 g/mol. The van der Waals surface area contributed by atoms with Gasteiger partial charge in [-0.3, -0.25) is 9.69 Å². The number of benzene rings is 4. The summed E-state index contributed by atoms with van der Waals surface area (Å²) < 4.78 is 5.45. The van der Waals surface area contributed by atoms with Crippen LogP contribution < -0.4 is 5.32 Å². The highest BCUT2D eigenvalue weighted by molar-refractivity contribution is 5.97. The molecule has 1 aliphatic rings. The van der Waals surface area contributed by atoms with E-state index in [0.717, 1.165) is 23.1 Å². The molecule has 2 amide bonds. The van der Waals surface area contributed by atoms with Crippen LogP contribution >= 0.6 is 0 Å². The van der Waals surface area contributed by atoms with Crippen LogP contribution in [0.4, 0.5) is 10.5 Å². The van der Waals surface area contributed by atoms with Crippen LogP contribution in [-0.4, -0.2) is 29.5 Å². The maximum Gasteiger partial charge on any atom is 0.410 e. The molecule has 1 saturated heterocycles. The first-order chi connectivity index (χ1) is 17.7. The summed E-state index contributed by atoms with van der Waals surface area (Å²) in [6.45, 7) is 0.710. The number of nitrogens with zero attached hydrogens (tertiary/aromatic N) is 1. The topological polar surface area (TPSA) is 58.6 Å². The van der Waals surface area contributed by atoms with Crippen molar-refractivity contribution in [3.05, 3.63) is 115 Å². The fourth-order valence-electron chi connectivity index (χ4n) is 4.52. The molecule has 0 aliphatic carbocycles. The van der Waals surface area contributed by atoms with Crippen molar-refractivity contribution in [3.63, 3.8) is 0 Å². The van der Waals surface area contributed by atoms with Crippen LogP contribution in [0.1, 0.15) is 18.4 Å². The van der Waals surface area contributed by atoms with Crippen molar-refractivity contribution < 1.29 is 14.3 Å². The highest BCUT2D eigenvalue weighted by Gasteiger charge is 2.35. The van der Waals surface area contributed by atoms with Crippen LogP contribution in [0.25, 0.3) is 22.3 Å². The SMILES string of the molecule is O=C(Nc1ccc(-c2ccc(-c3ccccc3)cc2)cc1)[C@@H]1CCCN1C(=O)OCc1ccccc1. The quantitative estimate of drug-likeness (QED) is 0.334. The summed E-state index contributed by atoms with van der Waals surface area (Å²) in [7, 11) is 0. The Morgan fingerprint density at radius 3 is 1.86 bits per heavy atom. The van der Waals surface area contributed by atoms with Crippen LogP contribution in [0.15, 0.2) is 109 Å². The molecular weight excluding hydrogens is 448 g/mol. The summed E-state index contributed by atoms with van der Waals surface area (Å²) in [5.74, 6) is -0.191. The Hall–Kier alpha value is -4.38. The van der Waals surface area contributed by atoms with E-state index >= 15 is 0 Å². The minimum Gasteiger partial charge on any atom is -0.445 e. The van der Waals surface area contributed by atoms with Gasteiger partial charge in [-0.15, -0.1) is 0 Å². The van der Waals surface area contributed by atoms with E-state index in [0.29, 0.717) is 18.7 Å². The van der Waals surface area contributed by atoms with E-state index in [1.165, 1.54) is 16.0 Å². The zero-order valence-corrected chi connectivity index (χ0v) is 20.0. The molecule has 1 N–H and O–H groups in total. The van der Waals surface area contributed by atoms with Gasteiger partial charge in [-0.05, 0) is 52.8 Å². The first kappa shape index (κ1) is 23.4. The molecule has 36 heavy (non-hydrogen) atoms. The number of anilines is 1. The van der Waals surface area contributed by atoms with E-state index in [2.05, 4.69) is 41.7 Å². The molecule has 0 aromatic heterocycles. The Morgan fingerprint density at radius 1 is 0.722 bits per heavy atom. The van der Waals surface area contributed by atoms with Gasteiger partial charge in [0.2, 0.25) is 5.91 Å². The molecule has 0 unspecified atom stereocenters. The third kappa shape index (κ3) is 5.47. The van der Waals surface area contributed by atoms with Crippen molar-refractivity contribution in [3.8, 4) is 22.3 Å². The maximum absolute atomic E-state index is 13.0. The molecule has 0 spiro atoms. The van der Waals surface area contributed by atoms with E-state index in [1.54, 1.807) is 0 Å². The van der Waals surface area contributed by atoms with Crippen molar-refractivity contribution in [2.75, 3.05) is 11.9 Å². The highest BCUT2D eigenvalue weighted by Crippen LogP contribution is 2.26. The molecule has 5 heteroatoms. The number of rotatable bonds is 6. The minimum absolute atomic E-state index is 0.191. The summed E-state index contributed by atoms with van der Waals surface area (Å²) in [4.78, 5) is 27.1. The number of ether oxygens (including phenoxy) is 1. The molecule has 1 atom stereocenters. The average Bonchev–Trinajstić information content (AvgIpc) is 3.44. The van der Waals surface area contributed by atoms with Crippen molar-refractivity contribution in [2.45, 2.75) is 25.5 Å². The van der Waals surface area contributed by atoms with E-state index < -0.39 is 12.1 Å². The molecule has 180 valence electrons. The molecule has 1 heterocycles. The first-order valence-electron chi connectivity index (χ1n) is 12.2. The number of nitrogens with one attached hydrogen (secondary N) is 1. The third-order valence-electron chi connectivity index (χ3n) is 6.47. The van der Waals surface area contributed by atoms with Gasteiger partial charge in [0.15, 0.2) is 0 Å². The maximum atomic E-state index is 13.0. The molecule has 4 aromatic rings. The Kier molecular flexibility index (Phi) is 7.08. The van der Waals surface area contributed by atoms with Crippen LogP contribution in [-0.2, 0) is 16.1 Å². The smallest absolute Gasteiger partial charge is 0.410 e. The Balaban J connectivity index is 1.19. The van der Waals surface area contributed by atoms with Crippen LogP contribution in [0.5, 0.6) is 0 Å². The second-order valence-electron chi connectivity index (χ2n) is 8.90. The number of hydrogen-bond donors (Lipinski definition) is 1. The molecular formula is C31H28N2O3. The van der Waals surface area contributed by atoms with Gasteiger partial charge in [0.1, 0.15) is 12.6 Å². The molecule has 0 saturated carbocycles. The number of hydrogen-bond acceptors (Lipinski definition) is 3. The van der Waals surface area contributed by atoms with Crippen LogP contribution in [0.2, 0.25) is 0 Å². The lowest BCUT2D eigenvalue weighted by Crippen LogP contribution is -2.43. The van der Waals surface area contributed by atoms with Gasteiger partial charge in [0.25, 0.3) is 0 Å². The predicted molar refractivity (Wildman–Crippen MR) is 142 cm³/mol. The lowest BCUT2D eigenvalue weighted by Gasteiger charge is -2.23. The molecule has 4 aromatic carbocycles. The lowest BCUT2D eigenvalue weighted by atomic mass is 10.0. The van der Waals surface area contributed by atoms with Gasteiger partial charge in [-0.2, -0.15) is 0 Å². The summed E-state index contributed by atoms with van der Waals surface area (Å²) in [6.07, 6.45) is 0.944. The third-order valence-corrected chi connectivity index (χ3v) is 6.47. The Morgan fingerprint density at radius 2 is 1.25 bits per heavy atom. The van der Waals surface area contributed by atoms with E-state index in [4.69, 9.17) is 4.74 Å². The predicted octanol–water partition coefficient (Wildman–Crippen LogP) is 6.76. The second kappa shape index (κ2) is 10.9. The fraction of sp³-hybridized carbons (Fsp3) is 0.161. The largest absolute Gasteiger partial charge is 0.445 e. The molecule has 1 aliphatic heterocycles. The van der Waals surface area contributed by atoms with Crippen molar-refractivity contribution in [1.29, 1.82) is 0 Å². The van der Waals surface area contributed by atoms with Crippen molar-refractivity contribution in [2.24, 2.45) is 0 Å². The molecule has 0 bridgehead atoms. The molecule has 5 rings (SSSR count). The molecule has 1 fully saturated rings. The number of carbonyl (C=O) groups is 2. The zero-order chi connectivity index (χ0) is 24.7. The van der Waals surface area contributed by atoms with Gasteiger partial charge >= 0.3 is 6.09 Å². The summed E-state index contributed by atoms with van der Waals surface area (Å²) in [6, 6.07) is 35.5. The number of carbonyl (C=O) groups excluding carboxylic acids is 2. The molecule has 5 nitrogen and oxygen atoms in total. The van der Waals surface area contributed by atoms with Gasteiger partial charge in [0, 0.05) is 12.2 Å². The summed E-state index contributed by atoms with van der Waals surface area (Å²) in [5.41, 5.74) is 6.16. The minimum atomic E-state index is -0.529.